The Labute approximate surface area is 142 Å². The molecule has 4 aromatic rings. The van der Waals surface area contributed by atoms with Crippen LogP contribution in [-0.2, 0) is 11.2 Å². The van der Waals surface area contributed by atoms with Crippen molar-refractivity contribution in [1.29, 1.82) is 0 Å². The Hall–Kier alpha value is -3.55. The van der Waals surface area contributed by atoms with Crippen molar-refractivity contribution >= 4 is 22.6 Å². The van der Waals surface area contributed by atoms with Gasteiger partial charge in [0, 0.05) is 12.1 Å². The molecule has 0 fully saturated rings. The molecule has 0 radical (unpaired) electrons. The van der Waals surface area contributed by atoms with Gasteiger partial charge >= 0.3 is 0 Å². The average Bonchev–Trinajstić information content (AvgIpc) is 3.31. The minimum Gasteiger partial charge on any atom is -0.345 e. The SMILES string of the molecule is O=C(Nc1ccc2nc[nH]c2c1)C(Cc1ccccc1)n1cnnn1. The van der Waals surface area contributed by atoms with Crippen LogP contribution < -0.4 is 5.32 Å². The Kier molecular flexibility index (Phi) is 3.91. The van der Waals surface area contributed by atoms with Crippen molar-refractivity contribution in [3.05, 3.63) is 66.7 Å². The Bertz CT molecular complexity index is 979. The first-order valence-corrected chi connectivity index (χ1v) is 7.80. The molecule has 0 saturated carbocycles. The van der Waals surface area contributed by atoms with Crippen molar-refractivity contribution in [2.45, 2.75) is 12.5 Å². The number of benzene rings is 2. The van der Waals surface area contributed by atoms with E-state index >= 15 is 0 Å². The summed E-state index contributed by atoms with van der Waals surface area (Å²) in [5, 5.41) is 14.1. The second-order valence-corrected chi connectivity index (χ2v) is 5.62. The Morgan fingerprint density at radius 2 is 2.08 bits per heavy atom. The number of hydrogen-bond donors (Lipinski definition) is 2. The summed E-state index contributed by atoms with van der Waals surface area (Å²) in [7, 11) is 0. The predicted octanol–water partition coefficient (Wildman–Crippen LogP) is 1.97. The summed E-state index contributed by atoms with van der Waals surface area (Å²) in [5.41, 5.74) is 3.43. The number of amides is 1. The number of nitrogens with zero attached hydrogens (tertiary/aromatic N) is 5. The summed E-state index contributed by atoms with van der Waals surface area (Å²) in [5.74, 6) is -0.185. The molecule has 2 heterocycles. The van der Waals surface area contributed by atoms with Crippen LogP contribution in [0.25, 0.3) is 11.0 Å². The Balaban J connectivity index is 1.58. The molecule has 1 atom stereocenters. The summed E-state index contributed by atoms with van der Waals surface area (Å²) in [6.45, 7) is 0. The number of imidazole rings is 1. The van der Waals surface area contributed by atoms with E-state index in [4.69, 9.17) is 0 Å². The van der Waals surface area contributed by atoms with Gasteiger partial charge in [0.2, 0.25) is 5.91 Å². The van der Waals surface area contributed by atoms with E-state index in [1.165, 1.54) is 11.0 Å². The van der Waals surface area contributed by atoms with Gasteiger partial charge in [-0.25, -0.2) is 9.67 Å². The first kappa shape index (κ1) is 15.0. The van der Waals surface area contributed by atoms with Gasteiger partial charge in [0.05, 0.1) is 17.4 Å². The third kappa shape index (κ3) is 3.23. The lowest BCUT2D eigenvalue weighted by atomic mass is 10.1. The third-order valence-electron chi connectivity index (χ3n) is 3.95. The summed E-state index contributed by atoms with van der Waals surface area (Å²) in [6, 6.07) is 14.7. The number of tetrazole rings is 1. The molecule has 1 unspecified atom stereocenters. The fourth-order valence-corrected chi connectivity index (χ4v) is 2.69. The van der Waals surface area contributed by atoms with Crippen molar-refractivity contribution in [1.82, 2.24) is 30.2 Å². The molecule has 0 bridgehead atoms. The highest BCUT2D eigenvalue weighted by Crippen LogP contribution is 2.19. The number of aromatic nitrogens is 6. The molecule has 25 heavy (non-hydrogen) atoms. The van der Waals surface area contributed by atoms with Crippen molar-refractivity contribution in [3.8, 4) is 0 Å². The van der Waals surface area contributed by atoms with Gasteiger partial charge in [-0.15, -0.1) is 5.10 Å². The Morgan fingerprint density at radius 3 is 2.88 bits per heavy atom. The first-order chi connectivity index (χ1) is 12.3. The fraction of sp³-hybridized carbons (Fsp3) is 0.118. The summed E-state index contributed by atoms with van der Waals surface area (Å²) in [4.78, 5) is 20.0. The summed E-state index contributed by atoms with van der Waals surface area (Å²) in [6.07, 6.45) is 3.56. The molecule has 0 spiro atoms. The van der Waals surface area contributed by atoms with Crippen LogP contribution in [0.4, 0.5) is 5.69 Å². The Morgan fingerprint density at radius 1 is 1.20 bits per heavy atom. The largest absolute Gasteiger partial charge is 0.345 e. The maximum absolute atomic E-state index is 12.8. The second kappa shape index (κ2) is 6.52. The van der Waals surface area contributed by atoms with E-state index in [-0.39, 0.29) is 5.91 Å². The average molecular weight is 333 g/mol. The number of fused-ring (bicyclic) bond motifs is 1. The van der Waals surface area contributed by atoms with Crippen LogP contribution in [0, 0.1) is 0 Å². The maximum Gasteiger partial charge on any atom is 0.249 e. The van der Waals surface area contributed by atoms with Crippen LogP contribution in [0.1, 0.15) is 11.6 Å². The number of carbonyl (C=O) groups is 1. The molecule has 2 N–H and O–H groups in total. The number of rotatable bonds is 5. The number of aromatic amines is 1. The van der Waals surface area contributed by atoms with Crippen LogP contribution in [0.15, 0.2) is 61.2 Å². The molecule has 0 aliphatic carbocycles. The van der Waals surface area contributed by atoms with Gasteiger partial charge in [-0.05, 0) is 34.2 Å². The maximum atomic E-state index is 12.8. The lowest BCUT2D eigenvalue weighted by molar-refractivity contribution is -0.119. The number of anilines is 1. The molecule has 4 rings (SSSR count). The highest BCUT2D eigenvalue weighted by atomic mass is 16.2. The van der Waals surface area contributed by atoms with E-state index in [1.807, 2.05) is 48.5 Å². The predicted molar refractivity (Wildman–Crippen MR) is 91.7 cm³/mol. The van der Waals surface area contributed by atoms with E-state index in [1.54, 1.807) is 6.33 Å². The number of nitrogens with one attached hydrogen (secondary N) is 2. The topological polar surface area (TPSA) is 101 Å². The zero-order valence-corrected chi connectivity index (χ0v) is 13.2. The van der Waals surface area contributed by atoms with Crippen molar-refractivity contribution in [2.24, 2.45) is 0 Å². The van der Waals surface area contributed by atoms with Gasteiger partial charge in [0.25, 0.3) is 0 Å². The number of H-pyrrole nitrogens is 1. The monoisotopic (exact) mass is 333 g/mol. The lowest BCUT2D eigenvalue weighted by Gasteiger charge is -2.16. The molecule has 1 amide bonds. The molecule has 0 aliphatic rings. The lowest BCUT2D eigenvalue weighted by Crippen LogP contribution is -2.28. The number of hydrogen-bond acceptors (Lipinski definition) is 5. The number of carbonyl (C=O) groups excluding carboxylic acids is 1. The molecule has 2 aromatic heterocycles. The second-order valence-electron chi connectivity index (χ2n) is 5.62. The van der Waals surface area contributed by atoms with Gasteiger partial charge in [-0.2, -0.15) is 0 Å². The van der Waals surface area contributed by atoms with E-state index < -0.39 is 6.04 Å². The van der Waals surface area contributed by atoms with Crippen LogP contribution >= 0.6 is 0 Å². The molecule has 8 nitrogen and oxygen atoms in total. The van der Waals surface area contributed by atoms with Crippen molar-refractivity contribution < 1.29 is 4.79 Å². The van der Waals surface area contributed by atoms with E-state index in [9.17, 15) is 4.79 Å². The van der Waals surface area contributed by atoms with Gasteiger partial charge in [-0.3, -0.25) is 4.79 Å². The van der Waals surface area contributed by atoms with Crippen molar-refractivity contribution in [2.75, 3.05) is 5.32 Å². The normalized spacial score (nSPS) is 12.2. The molecular formula is C17H15N7O. The highest BCUT2D eigenvalue weighted by Gasteiger charge is 2.22. The van der Waals surface area contributed by atoms with Gasteiger partial charge in [0.1, 0.15) is 12.4 Å². The van der Waals surface area contributed by atoms with E-state index in [0.717, 1.165) is 16.6 Å². The third-order valence-corrected chi connectivity index (χ3v) is 3.95. The van der Waals surface area contributed by atoms with Gasteiger partial charge in [-0.1, -0.05) is 30.3 Å². The van der Waals surface area contributed by atoms with E-state index in [0.29, 0.717) is 12.1 Å². The molecule has 124 valence electrons. The van der Waals surface area contributed by atoms with Crippen LogP contribution in [-0.4, -0.2) is 36.1 Å². The molecule has 0 saturated heterocycles. The molecule has 2 aromatic carbocycles. The quantitative estimate of drug-likeness (QED) is 0.581. The molecule has 0 aliphatic heterocycles. The smallest absolute Gasteiger partial charge is 0.249 e. The zero-order valence-electron chi connectivity index (χ0n) is 13.2. The van der Waals surface area contributed by atoms with E-state index in [2.05, 4.69) is 30.8 Å². The minimum atomic E-state index is -0.546. The zero-order chi connectivity index (χ0) is 17.1. The molecular weight excluding hydrogens is 318 g/mol. The van der Waals surface area contributed by atoms with Crippen LogP contribution in [0.3, 0.4) is 0 Å². The molecule has 8 heteroatoms. The van der Waals surface area contributed by atoms with Crippen LogP contribution in [0.2, 0.25) is 0 Å². The fourth-order valence-electron chi connectivity index (χ4n) is 2.69. The highest BCUT2D eigenvalue weighted by molar-refractivity contribution is 5.95. The minimum absolute atomic E-state index is 0.185. The standard InChI is InChI=1S/C17H15N7O/c25-17(21-13-6-7-14-15(9-13)19-10-18-14)16(24-11-20-22-23-24)8-12-4-2-1-3-5-12/h1-7,9-11,16H,8H2,(H,18,19)(H,21,25). The summed E-state index contributed by atoms with van der Waals surface area (Å²) < 4.78 is 1.47. The van der Waals surface area contributed by atoms with Crippen molar-refractivity contribution in [3.63, 3.8) is 0 Å². The van der Waals surface area contributed by atoms with Gasteiger partial charge < -0.3 is 10.3 Å². The van der Waals surface area contributed by atoms with Crippen LogP contribution in [0.5, 0.6) is 0 Å². The first-order valence-electron chi connectivity index (χ1n) is 7.80. The van der Waals surface area contributed by atoms with Gasteiger partial charge in [0.15, 0.2) is 0 Å². The summed E-state index contributed by atoms with van der Waals surface area (Å²) >= 11 is 0.